The van der Waals surface area contributed by atoms with Crippen molar-refractivity contribution in [2.24, 2.45) is 5.92 Å². The summed E-state index contributed by atoms with van der Waals surface area (Å²) >= 11 is 0. The second-order valence-corrected chi connectivity index (χ2v) is 9.27. The summed E-state index contributed by atoms with van der Waals surface area (Å²) < 4.78 is 31.5. The Morgan fingerprint density at radius 3 is 2.83 bits per heavy atom. The van der Waals surface area contributed by atoms with Crippen LogP contribution in [-0.4, -0.2) is 67.2 Å². The van der Waals surface area contributed by atoms with Crippen molar-refractivity contribution in [3.63, 3.8) is 0 Å². The third-order valence-electron chi connectivity index (χ3n) is 5.38. The summed E-state index contributed by atoms with van der Waals surface area (Å²) in [6.45, 7) is 5.20. The molecule has 134 valence electrons. The molecule has 3 rings (SSSR count). The van der Waals surface area contributed by atoms with Crippen LogP contribution in [0.1, 0.15) is 25.5 Å². The van der Waals surface area contributed by atoms with E-state index >= 15 is 0 Å². The zero-order chi connectivity index (χ0) is 17.2. The number of aromatic nitrogens is 1. The molecule has 3 heterocycles. The highest BCUT2D eigenvalue weighted by Crippen LogP contribution is 2.39. The smallest absolute Gasteiger partial charge is 0.213 e. The van der Waals surface area contributed by atoms with Gasteiger partial charge in [0.1, 0.15) is 0 Å². The standard InChI is InChI=1S/C17H27N3O3S/c1-3-24(21,22)20-13-17(14-20)10-15(7-9-19(17)2)11-23-12-16-6-4-5-8-18-16/h4-6,8,15H,3,7,9-14H2,1-2H3/t15-/m1/s1. The normalized spacial score (nSPS) is 24.8. The van der Waals surface area contributed by atoms with E-state index in [1.165, 1.54) is 0 Å². The fraction of sp³-hybridized carbons (Fsp3) is 0.706. The number of likely N-dealkylation sites (tertiary alicyclic amines) is 1. The molecule has 2 aliphatic rings. The Kier molecular flexibility index (Phi) is 5.24. The zero-order valence-electron chi connectivity index (χ0n) is 14.5. The van der Waals surface area contributed by atoms with E-state index in [0.717, 1.165) is 25.1 Å². The van der Waals surface area contributed by atoms with Crippen LogP contribution in [0.3, 0.4) is 0 Å². The van der Waals surface area contributed by atoms with Gasteiger partial charge in [0.15, 0.2) is 0 Å². The van der Waals surface area contributed by atoms with E-state index in [-0.39, 0.29) is 11.3 Å². The summed E-state index contributed by atoms with van der Waals surface area (Å²) in [5.74, 6) is 0.667. The monoisotopic (exact) mass is 353 g/mol. The number of hydrogen-bond acceptors (Lipinski definition) is 5. The van der Waals surface area contributed by atoms with Gasteiger partial charge in [0.05, 0.1) is 24.7 Å². The number of hydrogen-bond donors (Lipinski definition) is 0. The van der Waals surface area contributed by atoms with E-state index in [9.17, 15) is 8.42 Å². The molecule has 1 aromatic heterocycles. The first-order chi connectivity index (χ1) is 11.5. The Hall–Kier alpha value is -1.02. The summed E-state index contributed by atoms with van der Waals surface area (Å²) in [6.07, 6.45) is 3.88. The highest BCUT2D eigenvalue weighted by molar-refractivity contribution is 7.89. The van der Waals surface area contributed by atoms with Gasteiger partial charge >= 0.3 is 0 Å². The number of pyridine rings is 1. The van der Waals surface area contributed by atoms with Gasteiger partial charge in [-0.15, -0.1) is 0 Å². The van der Waals surface area contributed by atoms with E-state index in [4.69, 9.17) is 4.74 Å². The molecular formula is C17H27N3O3S. The van der Waals surface area contributed by atoms with Crippen LogP contribution >= 0.6 is 0 Å². The minimum Gasteiger partial charge on any atom is -0.375 e. The summed E-state index contributed by atoms with van der Waals surface area (Å²) in [5, 5.41) is 0. The minimum absolute atomic E-state index is 0.000483. The zero-order valence-corrected chi connectivity index (χ0v) is 15.3. The maximum atomic E-state index is 12.0. The minimum atomic E-state index is -3.06. The summed E-state index contributed by atoms with van der Waals surface area (Å²) in [7, 11) is -0.952. The SMILES string of the molecule is CCS(=O)(=O)N1CC2(C[C@H](COCc3ccccn3)CCN2C)C1. The molecule has 0 saturated carbocycles. The first kappa shape index (κ1) is 17.8. The van der Waals surface area contributed by atoms with Gasteiger partial charge in [-0.3, -0.25) is 9.88 Å². The Balaban J connectivity index is 1.51. The van der Waals surface area contributed by atoms with Crippen LogP contribution in [0.4, 0.5) is 0 Å². The number of sulfonamides is 1. The number of nitrogens with zero attached hydrogens (tertiary/aromatic N) is 3. The van der Waals surface area contributed by atoms with Crippen molar-refractivity contribution in [3.05, 3.63) is 30.1 Å². The van der Waals surface area contributed by atoms with Crippen LogP contribution in [0.5, 0.6) is 0 Å². The van der Waals surface area contributed by atoms with Gasteiger partial charge in [-0.2, -0.15) is 4.31 Å². The van der Waals surface area contributed by atoms with Crippen molar-refractivity contribution < 1.29 is 13.2 Å². The highest BCUT2D eigenvalue weighted by Gasteiger charge is 2.52. The van der Waals surface area contributed by atoms with Crippen LogP contribution in [-0.2, 0) is 21.4 Å². The quantitative estimate of drug-likeness (QED) is 0.772. The number of ether oxygens (including phenoxy) is 1. The van der Waals surface area contributed by atoms with Crippen molar-refractivity contribution in [2.75, 3.05) is 39.0 Å². The molecule has 2 saturated heterocycles. The Bertz CT molecular complexity index is 644. The van der Waals surface area contributed by atoms with E-state index in [2.05, 4.69) is 16.9 Å². The molecule has 1 aromatic rings. The second-order valence-electron chi connectivity index (χ2n) is 7.01. The number of rotatable bonds is 6. The molecule has 24 heavy (non-hydrogen) atoms. The fourth-order valence-electron chi connectivity index (χ4n) is 3.72. The molecule has 2 aliphatic heterocycles. The third kappa shape index (κ3) is 3.64. The van der Waals surface area contributed by atoms with Crippen molar-refractivity contribution in [3.8, 4) is 0 Å². The van der Waals surface area contributed by atoms with Crippen LogP contribution in [0.2, 0.25) is 0 Å². The lowest BCUT2D eigenvalue weighted by atomic mass is 9.77. The lowest BCUT2D eigenvalue weighted by Gasteiger charge is -2.57. The lowest BCUT2D eigenvalue weighted by molar-refractivity contribution is -0.0601. The molecule has 1 atom stereocenters. The summed E-state index contributed by atoms with van der Waals surface area (Å²) in [6, 6.07) is 5.83. The Labute approximate surface area is 144 Å². The molecular weight excluding hydrogens is 326 g/mol. The second kappa shape index (κ2) is 7.07. The molecule has 0 unspecified atom stereocenters. The van der Waals surface area contributed by atoms with Crippen LogP contribution < -0.4 is 0 Å². The predicted molar refractivity (Wildman–Crippen MR) is 93.0 cm³/mol. The molecule has 0 bridgehead atoms. The molecule has 2 fully saturated rings. The van der Waals surface area contributed by atoms with Gasteiger partial charge in [0.2, 0.25) is 10.0 Å². The average molecular weight is 353 g/mol. The molecule has 0 aliphatic carbocycles. The van der Waals surface area contributed by atoms with Crippen LogP contribution in [0.25, 0.3) is 0 Å². The first-order valence-corrected chi connectivity index (χ1v) is 10.2. The van der Waals surface area contributed by atoms with Crippen LogP contribution in [0, 0.1) is 5.92 Å². The van der Waals surface area contributed by atoms with E-state index in [1.54, 1.807) is 17.4 Å². The number of likely N-dealkylation sites (N-methyl/N-ethyl adjacent to an activating group) is 1. The van der Waals surface area contributed by atoms with Crippen molar-refractivity contribution in [1.82, 2.24) is 14.2 Å². The molecule has 0 N–H and O–H groups in total. The summed E-state index contributed by atoms with van der Waals surface area (Å²) in [4.78, 5) is 6.61. The van der Waals surface area contributed by atoms with E-state index < -0.39 is 10.0 Å². The van der Waals surface area contributed by atoms with Gasteiger partial charge in [0, 0.05) is 24.8 Å². The summed E-state index contributed by atoms with van der Waals surface area (Å²) in [5.41, 5.74) is 0.948. The van der Waals surface area contributed by atoms with Crippen LogP contribution in [0.15, 0.2) is 24.4 Å². The topological polar surface area (TPSA) is 62.7 Å². The third-order valence-corrected chi connectivity index (χ3v) is 7.15. The lowest BCUT2D eigenvalue weighted by Crippen LogP contribution is -2.72. The highest BCUT2D eigenvalue weighted by atomic mass is 32.2. The van der Waals surface area contributed by atoms with Crippen molar-refractivity contribution in [2.45, 2.75) is 31.9 Å². The molecule has 1 spiro atoms. The first-order valence-electron chi connectivity index (χ1n) is 8.62. The Morgan fingerprint density at radius 2 is 2.17 bits per heavy atom. The van der Waals surface area contributed by atoms with Gasteiger partial charge in [-0.1, -0.05) is 6.07 Å². The van der Waals surface area contributed by atoms with Crippen molar-refractivity contribution >= 4 is 10.0 Å². The molecule has 6 nitrogen and oxygen atoms in total. The van der Waals surface area contributed by atoms with Gasteiger partial charge in [-0.05, 0) is 51.4 Å². The maximum Gasteiger partial charge on any atom is 0.213 e. The number of piperidine rings is 1. The molecule has 0 amide bonds. The van der Waals surface area contributed by atoms with E-state index in [1.807, 2.05) is 18.2 Å². The van der Waals surface area contributed by atoms with Gasteiger partial charge in [-0.25, -0.2) is 8.42 Å². The molecule has 7 heteroatoms. The molecule has 0 aromatic carbocycles. The fourth-order valence-corrected chi connectivity index (χ4v) is 4.96. The molecule has 0 radical (unpaired) electrons. The predicted octanol–water partition coefficient (Wildman–Crippen LogP) is 1.34. The van der Waals surface area contributed by atoms with E-state index in [0.29, 0.717) is 32.2 Å². The average Bonchev–Trinajstić information content (AvgIpc) is 2.55. The Morgan fingerprint density at radius 1 is 1.38 bits per heavy atom. The van der Waals surface area contributed by atoms with Gasteiger partial charge < -0.3 is 4.74 Å². The maximum absolute atomic E-state index is 12.0. The van der Waals surface area contributed by atoms with Crippen molar-refractivity contribution in [1.29, 1.82) is 0 Å². The largest absolute Gasteiger partial charge is 0.375 e. The van der Waals surface area contributed by atoms with Gasteiger partial charge in [0.25, 0.3) is 0 Å².